The zero-order valence-electron chi connectivity index (χ0n) is 9.10. The zero-order chi connectivity index (χ0) is 12.0. The van der Waals surface area contributed by atoms with Gasteiger partial charge in [-0.2, -0.15) is 4.31 Å². The van der Waals surface area contributed by atoms with Crippen molar-refractivity contribution in [1.29, 1.82) is 0 Å². The third-order valence-electron chi connectivity index (χ3n) is 3.50. The first-order valence-corrected chi connectivity index (χ1v) is 8.58. The summed E-state index contributed by atoms with van der Waals surface area (Å²) in [5.41, 5.74) is 0. The lowest BCUT2D eigenvalue weighted by molar-refractivity contribution is 0.449. The number of rotatable bonds is 2. The Labute approximate surface area is 113 Å². The molecule has 1 N–H and O–H groups in total. The third-order valence-corrected chi connectivity index (χ3v) is 7.42. The number of hydrogen-bond donors (Lipinski definition) is 1. The van der Waals surface area contributed by atoms with Crippen molar-refractivity contribution in [2.45, 2.75) is 4.21 Å². The number of fused-ring (bicyclic) bond motifs is 1. The lowest BCUT2D eigenvalue weighted by Gasteiger charge is -2.15. The number of nitrogens with one attached hydrogen (secondary N) is 1. The minimum atomic E-state index is -3.27. The maximum atomic E-state index is 12.4. The van der Waals surface area contributed by atoms with Crippen molar-refractivity contribution in [3.05, 3.63) is 15.9 Å². The fraction of sp³-hybridized carbons (Fsp3) is 0.600. The summed E-state index contributed by atoms with van der Waals surface area (Å²) in [6.07, 6.45) is 0. The van der Waals surface area contributed by atoms with Crippen LogP contribution in [0.3, 0.4) is 0 Å². The highest BCUT2D eigenvalue weighted by Gasteiger charge is 2.41. The summed E-state index contributed by atoms with van der Waals surface area (Å²) in [4.78, 5) is 0. The Morgan fingerprint density at radius 1 is 1.29 bits per heavy atom. The van der Waals surface area contributed by atoms with E-state index in [1.54, 1.807) is 16.4 Å². The number of halogens is 1. The largest absolute Gasteiger partial charge is 0.316 e. The Kier molecular flexibility index (Phi) is 3.07. The molecule has 0 unspecified atom stereocenters. The molecule has 0 radical (unpaired) electrons. The van der Waals surface area contributed by atoms with Crippen LogP contribution in [-0.2, 0) is 10.0 Å². The summed E-state index contributed by atoms with van der Waals surface area (Å²) in [7, 11) is -3.27. The van der Waals surface area contributed by atoms with Crippen molar-refractivity contribution >= 4 is 37.3 Å². The molecule has 2 aliphatic heterocycles. The molecule has 1 aromatic rings. The standard InChI is InChI=1S/C10H13BrN2O2S2/c11-9-1-2-10(16-9)17(14,15)13-5-7-3-12-4-8(7)6-13/h1-2,7-8,12H,3-6H2/t7-,8+. The number of thiophene rings is 1. The number of sulfonamides is 1. The lowest BCUT2D eigenvalue weighted by Crippen LogP contribution is -2.31. The highest BCUT2D eigenvalue weighted by atomic mass is 79.9. The van der Waals surface area contributed by atoms with Crippen LogP contribution in [-0.4, -0.2) is 38.9 Å². The van der Waals surface area contributed by atoms with Crippen LogP contribution < -0.4 is 5.32 Å². The van der Waals surface area contributed by atoms with E-state index in [4.69, 9.17) is 0 Å². The van der Waals surface area contributed by atoms with Crippen molar-refractivity contribution in [1.82, 2.24) is 9.62 Å². The van der Waals surface area contributed by atoms with Gasteiger partial charge in [-0.25, -0.2) is 8.42 Å². The van der Waals surface area contributed by atoms with Crippen LogP contribution in [0.2, 0.25) is 0 Å². The molecule has 0 aliphatic carbocycles. The van der Waals surface area contributed by atoms with Gasteiger partial charge in [0, 0.05) is 13.1 Å². The molecule has 2 atom stereocenters. The van der Waals surface area contributed by atoms with Crippen LogP contribution in [0.5, 0.6) is 0 Å². The van der Waals surface area contributed by atoms with Crippen LogP contribution >= 0.6 is 27.3 Å². The molecule has 0 amide bonds. The molecule has 2 aliphatic rings. The zero-order valence-corrected chi connectivity index (χ0v) is 12.3. The van der Waals surface area contributed by atoms with E-state index in [2.05, 4.69) is 21.2 Å². The molecular formula is C10H13BrN2O2S2. The second-order valence-corrected chi connectivity index (χ2v) is 9.19. The smallest absolute Gasteiger partial charge is 0.252 e. The molecule has 3 heterocycles. The van der Waals surface area contributed by atoms with Crippen molar-refractivity contribution < 1.29 is 8.42 Å². The highest BCUT2D eigenvalue weighted by Crippen LogP contribution is 2.34. The van der Waals surface area contributed by atoms with Gasteiger partial charge in [-0.1, -0.05) is 0 Å². The van der Waals surface area contributed by atoms with Gasteiger partial charge in [0.1, 0.15) is 4.21 Å². The van der Waals surface area contributed by atoms with E-state index in [-0.39, 0.29) is 0 Å². The predicted molar refractivity (Wildman–Crippen MR) is 70.6 cm³/mol. The van der Waals surface area contributed by atoms with Gasteiger partial charge in [0.15, 0.2) is 0 Å². The van der Waals surface area contributed by atoms with Gasteiger partial charge >= 0.3 is 0 Å². The molecular weight excluding hydrogens is 324 g/mol. The predicted octanol–water partition coefficient (Wildman–Crippen LogP) is 1.35. The number of hydrogen-bond acceptors (Lipinski definition) is 4. The average molecular weight is 337 g/mol. The van der Waals surface area contributed by atoms with Crippen LogP contribution in [0.1, 0.15) is 0 Å². The topological polar surface area (TPSA) is 49.4 Å². The molecule has 4 nitrogen and oxygen atoms in total. The Morgan fingerprint density at radius 3 is 2.47 bits per heavy atom. The molecule has 0 saturated carbocycles. The fourth-order valence-electron chi connectivity index (χ4n) is 2.57. The summed E-state index contributed by atoms with van der Waals surface area (Å²) >= 11 is 4.59. The Balaban J connectivity index is 1.85. The molecule has 2 saturated heterocycles. The highest BCUT2D eigenvalue weighted by molar-refractivity contribution is 9.11. The first kappa shape index (κ1) is 12.1. The molecule has 2 fully saturated rings. The van der Waals surface area contributed by atoms with E-state index in [0.29, 0.717) is 29.1 Å². The third kappa shape index (κ3) is 2.08. The monoisotopic (exact) mass is 336 g/mol. The second kappa shape index (κ2) is 4.31. The van der Waals surface area contributed by atoms with E-state index >= 15 is 0 Å². The molecule has 94 valence electrons. The van der Waals surface area contributed by atoms with Crippen molar-refractivity contribution in [3.63, 3.8) is 0 Å². The molecule has 17 heavy (non-hydrogen) atoms. The lowest BCUT2D eigenvalue weighted by atomic mass is 10.0. The van der Waals surface area contributed by atoms with Gasteiger partial charge in [-0.05, 0) is 53.0 Å². The van der Waals surface area contributed by atoms with Gasteiger partial charge in [0.2, 0.25) is 0 Å². The molecule has 0 spiro atoms. The Bertz CT molecular complexity index is 516. The maximum absolute atomic E-state index is 12.4. The van der Waals surface area contributed by atoms with E-state index in [1.165, 1.54) is 11.3 Å². The van der Waals surface area contributed by atoms with Crippen LogP contribution in [0.15, 0.2) is 20.1 Å². The van der Waals surface area contributed by atoms with Gasteiger partial charge in [-0.15, -0.1) is 11.3 Å². The Morgan fingerprint density at radius 2 is 1.94 bits per heavy atom. The second-order valence-electron chi connectivity index (χ2n) is 4.56. The summed E-state index contributed by atoms with van der Waals surface area (Å²) < 4.78 is 27.7. The molecule has 0 aromatic carbocycles. The first-order chi connectivity index (χ1) is 8.07. The molecule has 0 bridgehead atoms. The Hall–Kier alpha value is 0.0500. The molecule has 7 heteroatoms. The fourth-order valence-corrected chi connectivity index (χ4v) is 6.29. The maximum Gasteiger partial charge on any atom is 0.252 e. The van der Waals surface area contributed by atoms with Crippen LogP contribution in [0.25, 0.3) is 0 Å². The van der Waals surface area contributed by atoms with E-state index in [1.807, 2.05) is 0 Å². The van der Waals surface area contributed by atoms with Gasteiger partial charge in [-0.3, -0.25) is 0 Å². The summed E-state index contributed by atoms with van der Waals surface area (Å²) in [6, 6.07) is 3.46. The van der Waals surface area contributed by atoms with Gasteiger partial charge < -0.3 is 5.32 Å². The minimum absolute atomic E-state index is 0.442. The van der Waals surface area contributed by atoms with Gasteiger partial charge in [0.25, 0.3) is 10.0 Å². The molecule has 1 aromatic heterocycles. The normalized spacial score (nSPS) is 29.7. The summed E-state index contributed by atoms with van der Waals surface area (Å²) in [5, 5.41) is 3.31. The minimum Gasteiger partial charge on any atom is -0.316 e. The average Bonchev–Trinajstić information content (AvgIpc) is 2.89. The SMILES string of the molecule is O=S(=O)(c1ccc(Br)s1)N1C[C@H]2CNC[C@H]2C1. The summed E-state index contributed by atoms with van der Waals surface area (Å²) in [5.74, 6) is 0.987. The van der Waals surface area contributed by atoms with Crippen LogP contribution in [0.4, 0.5) is 0 Å². The van der Waals surface area contributed by atoms with Crippen molar-refractivity contribution in [2.75, 3.05) is 26.2 Å². The van der Waals surface area contributed by atoms with E-state index in [0.717, 1.165) is 16.9 Å². The molecule has 3 rings (SSSR count). The number of nitrogens with zero attached hydrogens (tertiary/aromatic N) is 1. The van der Waals surface area contributed by atoms with E-state index in [9.17, 15) is 8.42 Å². The first-order valence-electron chi connectivity index (χ1n) is 5.53. The van der Waals surface area contributed by atoms with E-state index < -0.39 is 10.0 Å². The quantitative estimate of drug-likeness (QED) is 0.886. The van der Waals surface area contributed by atoms with Crippen molar-refractivity contribution in [2.24, 2.45) is 11.8 Å². The van der Waals surface area contributed by atoms with Gasteiger partial charge in [0.05, 0.1) is 3.79 Å². The summed E-state index contributed by atoms with van der Waals surface area (Å²) in [6.45, 7) is 3.22. The van der Waals surface area contributed by atoms with Crippen molar-refractivity contribution in [3.8, 4) is 0 Å². The van der Waals surface area contributed by atoms with Crippen LogP contribution in [0, 0.1) is 11.8 Å².